The van der Waals surface area contributed by atoms with Crippen molar-refractivity contribution >= 4 is 11.8 Å². The molecule has 32 heavy (non-hydrogen) atoms. The smallest absolute Gasteiger partial charge is 0.254 e. The molecule has 0 bridgehead atoms. The van der Waals surface area contributed by atoms with E-state index in [1.807, 2.05) is 56.0 Å². The third-order valence-corrected chi connectivity index (χ3v) is 5.69. The summed E-state index contributed by atoms with van der Waals surface area (Å²) in [5.41, 5.74) is 1.23. The van der Waals surface area contributed by atoms with E-state index in [1.165, 1.54) is 0 Å². The maximum absolute atomic E-state index is 13.1. The lowest BCUT2D eigenvalue weighted by Crippen LogP contribution is -2.45. The van der Waals surface area contributed by atoms with E-state index < -0.39 is 5.41 Å². The Hall–Kier alpha value is -3.02. The van der Waals surface area contributed by atoms with Crippen LogP contribution in [0.3, 0.4) is 0 Å². The van der Waals surface area contributed by atoms with Gasteiger partial charge in [0.25, 0.3) is 5.91 Å². The molecule has 1 aliphatic rings. The van der Waals surface area contributed by atoms with Gasteiger partial charge in [-0.25, -0.2) is 0 Å². The summed E-state index contributed by atoms with van der Waals surface area (Å²) < 4.78 is 11.4. The molecule has 2 aromatic carbocycles. The Morgan fingerprint density at radius 2 is 1.84 bits per heavy atom. The maximum atomic E-state index is 13.1. The Bertz CT molecular complexity index is 921. The van der Waals surface area contributed by atoms with Crippen LogP contribution in [0.25, 0.3) is 0 Å². The van der Waals surface area contributed by atoms with Crippen molar-refractivity contribution < 1.29 is 19.1 Å². The molecule has 6 nitrogen and oxygen atoms in total. The average Bonchev–Trinajstić information content (AvgIpc) is 2.80. The first-order valence-corrected chi connectivity index (χ1v) is 11.2. The number of ether oxygens (including phenoxy) is 2. The molecule has 2 amide bonds. The summed E-state index contributed by atoms with van der Waals surface area (Å²) >= 11 is 0. The highest BCUT2D eigenvalue weighted by Crippen LogP contribution is 2.30. The number of likely N-dealkylation sites (tertiary alicyclic amines) is 1. The number of nitrogens with zero attached hydrogens (tertiary/aromatic N) is 1. The Morgan fingerprint density at radius 3 is 2.53 bits per heavy atom. The Kier molecular flexibility index (Phi) is 7.78. The summed E-state index contributed by atoms with van der Waals surface area (Å²) in [6, 6.07) is 15.2. The van der Waals surface area contributed by atoms with Crippen LogP contribution in [0.2, 0.25) is 0 Å². The summed E-state index contributed by atoms with van der Waals surface area (Å²) in [5, 5.41) is 3.03. The maximum Gasteiger partial charge on any atom is 0.254 e. The third-order valence-electron chi connectivity index (χ3n) is 5.69. The zero-order chi connectivity index (χ0) is 23.1. The van der Waals surface area contributed by atoms with Crippen LogP contribution in [0.1, 0.15) is 49.5 Å². The van der Waals surface area contributed by atoms with Crippen molar-refractivity contribution in [2.24, 2.45) is 11.3 Å². The van der Waals surface area contributed by atoms with E-state index in [2.05, 4.69) is 5.32 Å². The normalized spacial score (nSPS) is 16.4. The molecule has 0 saturated carbocycles. The molecule has 1 atom stereocenters. The molecular formula is C26H34N2O4. The lowest BCUT2D eigenvalue weighted by atomic mass is 9.94. The van der Waals surface area contributed by atoms with Gasteiger partial charge in [-0.05, 0) is 42.5 Å². The number of amides is 2. The van der Waals surface area contributed by atoms with E-state index in [9.17, 15) is 9.59 Å². The molecule has 1 N–H and O–H groups in total. The molecular weight excluding hydrogens is 404 g/mol. The highest BCUT2D eigenvalue weighted by molar-refractivity contribution is 5.95. The largest absolute Gasteiger partial charge is 0.493 e. The molecule has 6 heteroatoms. The van der Waals surface area contributed by atoms with E-state index in [4.69, 9.17) is 9.47 Å². The fraction of sp³-hybridized carbons (Fsp3) is 0.462. The van der Waals surface area contributed by atoms with Crippen molar-refractivity contribution in [1.82, 2.24) is 10.2 Å². The van der Waals surface area contributed by atoms with Crippen molar-refractivity contribution in [3.63, 3.8) is 0 Å². The molecule has 1 saturated heterocycles. The Morgan fingerprint density at radius 1 is 1.09 bits per heavy atom. The van der Waals surface area contributed by atoms with E-state index in [0.29, 0.717) is 36.8 Å². The summed E-state index contributed by atoms with van der Waals surface area (Å²) in [4.78, 5) is 27.2. The van der Waals surface area contributed by atoms with Crippen molar-refractivity contribution in [2.75, 3.05) is 26.7 Å². The van der Waals surface area contributed by atoms with E-state index >= 15 is 0 Å². The number of rotatable bonds is 7. The number of methoxy groups -OCH3 is 1. The highest BCUT2D eigenvalue weighted by Gasteiger charge is 2.27. The van der Waals surface area contributed by atoms with Crippen LogP contribution in [0.15, 0.2) is 48.5 Å². The third kappa shape index (κ3) is 6.25. The molecule has 0 radical (unpaired) electrons. The monoisotopic (exact) mass is 438 g/mol. The number of piperidine rings is 1. The fourth-order valence-electron chi connectivity index (χ4n) is 3.76. The first-order chi connectivity index (χ1) is 15.3. The van der Waals surface area contributed by atoms with Crippen molar-refractivity contribution in [2.45, 2.75) is 40.2 Å². The first-order valence-electron chi connectivity index (χ1n) is 11.2. The number of carbonyl (C=O) groups excluding carboxylic acids is 2. The van der Waals surface area contributed by atoms with Crippen LogP contribution in [-0.4, -0.2) is 43.5 Å². The highest BCUT2D eigenvalue weighted by atomic mass is 16.5. The topological polar surface area (TPSA) is 67.9 Å². The molecule has 1 aliphatic heterocycles. The van der Waals surface area contributed by atoms with Gasteiger partial charge >= 0.3 is 0 Å². The lowest BCUT2D eigenvalue weighted by Gasteiger charge is -2.33. The van der Waals surface area contributed by atoms with Gasteiger partial charge in [0.05, 0.1) is 7.11 Å². The number of hydrogen-bond donors (Lipinski definition) is 1. The van der Waals surface area contributed by atoms with Gasteiger partial charge in [-0.1, -0.05) is 51.1 Å². The quantitative estimate of drug-likeness (QED) is 0.700. The van der Waals surface area contributed by atoms with Gasteiger partial charge in [-0.3, -0.25) is 9.59 Å². The number of nitrogens with one attached hydrogen (secondary N) is 1. The van der Waals surface area contributed by atoms with Gasteiger partial charge in [-0.15, -0.1) is 0 Å². The van der Waals surface area contributed by atoms with Gasteiger partial charge in [0.2, 0.25) is 5.91 Å². The second kappa shape index (κ2) is 10.5. The van der Waals surface area contributed by atoms with Crippen molar-refractivity contribution in [1.29, 1.82) is 0 Å². The minimum atomic E-state index is -0.412. The fourth-order valence-corrected chi connectivity index (χ4v) is 3.76. The summed E-state index contributed by atoms with van der Waals surface area (Å²) in [6.07, 6.45) is 1.93. The van der Waals surface area contributed by atoms with Crippen molar-refractivity contribution in [3.05, 3.63) is 59.7 Å². The Labute approximate surface area is 190 Å². The summed E-state index contributed by atoms with van der Waals surface area (Å²) in [5.74, 6) is 1.42. The molecule has 1 fully saturated rings. The van der Waals surface area contributed by atoms with Gasteiger partial charge in [-0.2, -0.15) is 0 Å². The van der Waals surface area contributed by atoms with Crippen LogP contribution in [-0.2, 0) is 11.4 Å². The van der Waals surface area contributed by atoms with Gasteiger partial charge in [0, 0.05) is 30.6 Å². The van der Waals surface area contributed by atoms with E-state index in [1.54, 1.807) is 25.3 Å². The van der Waals surface area contributed by atoms with Crippen LogP contribution in [0, 0.1) is 11.3 Å². The SMILES string of the molecule is COc1cc(C(=O)N2CCCC(CNC(=O)C(C)(C)C)C2)ccc1OCc1ccccc1. The van der Waals surface area contributed by atoms with E-state index in [0.717, 1.165) is 24.9 Å². The molecule has 0 spiro atoms. The molecule has 3 rings (SSSR count). The van der Waals surface area contributed by atoms with Crippen molar-refractivity contribution in [3.8, 4) is 11.5 Å². The molecule has 1 heterocycles. The van der Waals surface area contributed by atoms with Gasteiger partial charge in [0.1, 0.15) is 6.61 Å². The molecule has 1 unspecified atom stereocenters. The van der Waals surface area contributed by atoms with E-state index in [-0.39, 0.29) is 17.7 Å². The van der Waals surface area contributed by atoms with Crippen LogP contribution in [0.5, 0.6) is 11.5 Å². The molecule has 0 aromatic heterocycles. The predicted molar refractivity (Wildman–Crippen MR) is 125 cm³/mol. The standard InChI is InChI=1S/C26H34N2O4/c1-26(2,3)25(30)27-16-20-11-8-14-28(17-20)24(29)21-12-13-22(23(15-21)31-4)32-18-19-9-6-5-7-10-19/h5-7,9-10,12-13,15,20H,8,11,14,16-18H2,1-4H3,(H,27,30). The van der Waals surface area contributed by atoms with Crippen LogP contribution >= 0.6 is 0 Å². The number of hydrogen-bond acceptors (Lipinski definition) is 4. The number of carbonyl (C=O) groups is 2. The molecule has 2 aromatic rings. The number of benzene rings is 2. The minimum Gasteiger partial charge on any atom is -0.493 e. The lowest BCUT2D eigenvalue weighted by molar-refractivity contribution is -0.128. The van der Waals surface area contributed by atoms with Gasteiger partial charge < -0.3 is 19.7 Å². The minimum absolute atomic E-state index is 0.0234. The van der Waals surface area contributed by atoms with Crippen LogP contribution < -0.4 is 14.8 Å². The first kappa shape index (κ1) is 23.6. The average molecular weight is 439 g/mol. The second-order valence-electron chi connectivity index (χ2n) is 9.36. The second-order valence-corrected chi connectivity index (χ2v) is 9.36. The molecule has 0 aliphatic carbocycles. The predicted octanol–water partition coefficient (Wildman–Crippen LogP) is 4.29. The van der Waals surface area contributed by atoms with Crippen LogP contribution in [0.4, 0.5) is 0 Å². The summed E-state index contributed by atoms with van der Waals surface area (Å²) in [6.45, 7) is 8.09. The Balaban J connectivity index is 1.61. The molecule has 172 valence electrons. The van der Waals surface area contributed by atoms with Gasteiger partial charge in [0.15, 0.2) is 11.5 Å². The zero-order valence-electron chi connectivity index (χ0n) is 19.5. The zero-order valence-corrected chi connectivity index (χ0v) is 19.5. The summed E-state index contributed by atoms with van der Waals surface area (Å²) in [7, 11) is 1.58.